The van der Waals surface area contributed by atoms with Gasteiger partial charge in [0.05, 0.1) is 0 Å². The molecule has 0 nitrogen and oxygen atoms in total. The summed E-state index contributed by atoms with van der Waals surface area (Å²) in [4.78, 5) is 0. The summed E-state index contributed by atoms with van der Waals surface area (Å²) in [7, 11) is 2.04. The van der Waals surface area contributed by atoms with Crippen LogP contribution in [0.3, 0.4) is 0 Å². The molecular weight excluding hydrogens is 290 g/mol. The highest BCUT2D eigenvalue weighted by molar-refractivity contribution is 7.45. The van der Waals surface area contributed by atoms with E-state index in [1.165, 1.54) is 6.16 Å². The minimum absolute atomic E-state index is 0.369. The van der Waals surface area contributed by atoms with Gasteiger partial charge in [0.1, 0.15) is 0 Å². The Morgan fingerprint density at radius 1 is 0.905 bits per heavy atom. The molecule has 0 aromatic heterocycles. The molecule has 0 heterocycles. The van der Waals surface area contributed by atoms with E-state index in [4.69, 9.17) is 0 Å². The number of allylic oxidation sites excluding steroid dienone is 8. The molecule has 0 aromatic carbocycles. The van der Waals surface area contributed by atoms with Crippen LogP contribution in [0.15, 0.2) is 48.6 Å². The third-order valence-electron chi connectivity index (χ3n) is 5.15. The predicted molar refractivity (Wildman–Crippen MR) is 103 cm³/mol. The zero-order valence-electron chi connectivity index (χ0n) is 14.1. The summed E-state index contributed by atoms with van der Waals surface area (Å²) in [6.07, 6.45) is 19.8. The maximum atomic E-state index is 2.45. The van der Waals surface area contributed by atoms with Gasteiger partial charge < -0.3 is 0 Å². The summed E-state index contributed by atoms with van der Waals surface area (Å²) in [5, 5.41) is 0.746. The molecule has 0 spiro atoms. The summed E-state index contributed by atoms with van der Waals surface area (Å²) < 4.78 is 0. The molecule has 0 radical (unpaired) electrons. The highest BCUT2D eigenvalue weighted by Gasteiger charge is 2.32. The molecule has 0 amide bonds. The molecular formula is C19H30P2. The van der Waals surface area contributed by atoms with Gasteiger partial charge >= 0.3 is 0 Å². The Labute approximate surface area is 134 Å². The van der Waals surface area contributed by atoms with E-state index in [0.29, 0.717) is 22.1 Å². The van der Waals surface area contributed by atoms with Crippen molar-refractivity contribution in [1.82, 2.24) is 0 Å². The van der Waals surface area contributed by atoms with Crippen LogP contribution in [0.1, 0.15) is 34.6 Å². The van der Waals surface area contributed by atoms with Crippen molar-refractivity contribution in [1.29, 1.82) is 0 Å². The molecule has 0 aromatic rings. The summed E-state index contributed by atoms with van der Waals surface area (Å²) in [5.41, 5.74) is 0.815. The summed E-state index contributed by atoms with van der Waals surface area (Å²) in [6.45, 7) is 12.0. The first-order valence-electron chi connectivity index (χ1n) is 8.10. The topological polar surface area (TPSA) is 0 Å². The first kappa shape index (κ1) is 17.2. The zero-order chi connectivity index (χ0) is 15.5. The first-order valence-corrected chi connectivity index (χ1v) is 10.4. The quantitative estimate of drug-likeness (QED) is 0.564. The van der Waals surface area contributed by atoms with Gasteiger partial charge in [-0.25, -0.2) is 0 Å². The molecule has 0 N–H and O–H groups in total. The Hall–Kier alpha value is -0.180. The van der Waals surface area contributed by atoms with Crippen molar-refractivity contribution < 1.29 is 0 Å². The standard InChI is InChI=1S/C19H30P2/c1-15-10-6-8-12-18(15,4)20-14-17(3)21-19(5)13-9-7-11-16(19)2/h6-13,15-17,20-21H,14H2,1-5H3. The minimum atomic E-state index is 0.369. The van der Waals surface area contributed by atoms with Crippen LogP contribution in [0, 0.1) is 11.8 Å². The van der Waals surface area contributed by atoms with Gasteiger partial charge in [-0.3, -0.25) is 0 Å². The summed E-state index contributed by atoms with van der Waals surface area (Å²) >= 11 is 0. The monoisotopic (exact) mass is 320 g/mol. The highest BCUT2D eigenvalue weighted by atomic mass is 31.1. The lowest BCUT2D eigenvalue weighted by molar-refractivity contribution is 0.588. The number of rotatable bonds is 5. The van der Waals surface area contributed by atoms with Crippen LogP contribution in [-0.2, 0) is 0 Å². The molecule has 2 aliphatic carbocycles. The van der Waals surface area contributed by atoms with E-state index in [1.54, 1.807) is 0 Å². The Balaban J connectivity index is 1.89. The lowest BCUT2D eigenvalue weighted by Crippen LogP contribution is -2.29. The van der Waals surface area contributed by atoms with Crippen LogP contribution in [-0.4, -0.2) is 22.1 Å². The van der Waals surface area contributed by atoms with Gasteiger partial charge in [0.2, 0.25) is 0 Å². The van der Waals surface area contributed by atoms with E-state index < -0.39 is 0 Å². The fourth-order valence-electron chi connectivity index (χ4n) is 3.03. The van der Waals surface area contributed by atoms with Crippen molar-refractivity contribution >= 4 is 17.2 Å². The minimum Gasteiger partial charge on any atom is -0.111 e. The van der Waals surface area contributed by atoms with Crippen LogP contribution < -0.4 is 0 Å². The van der Waals surface area contributed by atoms with Gasteiger partial charge in [-0.15, -0.1) is 17.2 Å². The number of hydrogen-bond donors (Lipinski definition) is 0. The second kappa shape index (κ2) is 6.93. The van der Waals surface area contributed by atoms with Gasteiger partial charge in [0.15, 0.2) is 0 Å². The Morgan fingerprint density at radius 2 is 1.43 bits per heavy atom. The molecule has 7 atom stereocenters. The third-order valence-corrected chi connectivity index (χ3v) is 9.69. The van der Waals surface area contributed by atoms with Crippen molar-refractivity contribution in [3.63, 3.8) is 0 Å². The zero-order valence-corrected chi connectivity index (χ0v) is 16.1. The van der Waals surface area contributed by atoms with Gasteiger partial charge in [0, 0.05) is 10.3 Å². The van der Waals surface area contributed by atoms with Crippen LogP contribution in [0.2, 0.25) is 0 Å². The van der Waals surface area contributed by atoms with Gasteiger partial charge in [0.25, 0.3) is 0 Å². The van der Waals surface area contributed by atoms with E-state index in [0.717, 1.165) is 22.8 Å². The predicted octanol–water partition coefficient (Wildman–Crippen LogP) is 5.77. The third kappa shape index (κ3) is 4.18. The normalized spacial score (nSPS) is 40.8. The van der Waals surface area contributed by atoms with E-state index >= 15 is 0 Å². The molecule has 2 heteroatoms. The Kier molecular flexibility index (Phi) is 5.67. The second-order valence-corrected chi connectivity index (χ2v) is 11.2. The summed E-state index contributed by atoms with van der Waals surface area (Å²) in [6, 6.07) is 0. The lowest BCUT2D eigenvalue weighted by Gasteiger charge is -2.38. The Bertz CT molecular complexity index is 474. The molecule has 2 aliphatic rings. The Morgan fingerprint density at radius 3 is 1.95 bits per heavy atom. The van der Waals surface area contributed by atoms with Crippen LogP contribution in [0.4, 0.5) is 0 Å². The van der Waals surface area contributed by atoms with Crippen molar-refractivity contribution in [3.8, 4) is 0 Å². The number of hydrogen-bond acceptors (Lipinski definition) is 0. The molecule has 7 unspecified atom stereocenters. The van der Waals surface area contributed by atoms with E-state index in [2.05, 4.69) is 83.2 Å². The SMILES string of the molecule is CC(CPC1(C)C=CC=CC1C)PC1(C)C=CC=CC1C. The maximum Gasteiger partial charge on any atom is 0.00929 e. The average molecular weight is 320 g/mol. The van der Waals surface area contributed by atoms with E-state index in [1.807, 2.05) is 0 Å². The molecule has 0 aliphatic heterocycles. The summed E-state index contributed by atoms with van der Waals surface area (Å²) in [5.74, 6) is 1.34. The smallest absolute Gasteiger partial charge is 0.00929 e. The largest absolute Gasteiger partial charge is 0.111 e. The molecule has 0 bridgehead atoms. The van der Waals surface area contributed by atoms with Crippen molar-refractivity contribution in [2.24, 2.45) is 11.8 Å². The van der Waals surface area contributed by atoms with E-state index in [9.17, 15) is 0 Å². The van der Waals surface area contributed by atoms with Crippen molar-refractivity contribution in [3.05, 3.63) is 48.6 Å². The molecule has 2 rings (SSSR count). The van der Waals surface area contributed by atoms with Gasteiger partial charge in [-0.2, -0.15) is 0 Å². The van der Waals surface area contributed by atoms with Crippen LogP contribution in [0.25, 0.3) is 0 Å². The van der Waals surface area contributed by atoms with Crippen LogP contribution >= 0.6 is 17.2 Å². The average Bonchev–Trinajstić information content (AvgIpc) is 2.44. The van der Waals surface area contributed by atoms with Crippen LogP contribution in [0.5, 0.6) is 0 Å². The molecule has 0 saturated heterocycles. The highest BCUT2D eigenvalue weighted by Crippen LogP contribution is 2.49. The first-order chi connectivity index (χ1) is 9.86. The van der Waals surface area contributed by atoms with E-state index in [-0.39, 0.29) is 0 Å². The van der Waals surface area contributed by atoms with Gasteiger partial charge in [-0.1, -0.05) is 83.2 Å². The fourth-order valence-corrected chi connectivity index (χ4v) is 6.74. The van der Waals surface area contributed by atoms with Gasteiger partial charge in [-0.05, 0) is 23.7 Å². The molecule has 116 valence electrons. The van der Waals surface area contributed by atoms with Crippen molar-refractivity contribution in [2.45, 2.75) is 50.6 Å². The lowest BCUT2D eigenvalue weighted by atomic mass is 9.91. The van der Waals surface area contributed by atoms with Crippen molar-refractivity contribution in [2.75, 3.05) is 6.16 Å². The second-order valence-electron chi connectivity index (χ2n) is 7.06. The fraction of sp³-hybridized carbons (Fsp3) is 0.579. The molecule has 21 heavy (non-hydrogen) atoms. The molecule has 0 fully saturated rings. The molecule has 0 saturated carbocycles. The maximum absolute atomic E-state index is 2.45.